The summed E-state index contributed by atoms with van der Waals surface area (Å²) in [6, 6.07) is 0. The first-order valence-corrected chi connectivity index (χ1v) is 2.73. The molecular weight excluding hydrogens is 181 g/mol. The van der Waals surface area contributed by atoms with Crippen molar-refractivity contribution in [3.63, 3.8) is 0 Å². The van der Waals surface area contributed by atoms with Crippen molar-refractivity contribution in [2.75, 3.05) is 0 Å². The number of nitrogens with two attached hydrogens (primary N) is 1. The molecule has 0 aliphatic carbocycles. The Labute approximate surface area is 54.5 Å². The quantitative estimate of drug-likeness (QED) is 0.606. The largest absolute Gasteiger partial charge is 0.365 e. The Morgan fingerprint density at radius 1 is 1.86 bits per heavy atom. The number of carbonyl (C=O) groups excluding carboxylic acids is 1. The van der Waals surface area contributed by atoms with Gasteiger partial charge in [-0.05, 0) is 0 Å². The Morgan fingerprint density at radius 2 is 2.29 bits per heavy atom. The van der Waals surface area contributed by atoms with E-state index in [4.69, 9.17) is 11.6 Å². The van der Waals surface area contributed by atoms with E-state index in [1.54, 1.807) is 0 Å². The van der Waals surface area contributed by atoms with Crippen LogP contribution in [0.5, 0.6) is 0 Å². The molecule has 0 aromatic heterocycles. The first-order chi connectivity index (χ1) is 3.18. The summed E-state index contributed by atoms with van der Waals surface area (Å²) >= 11 is 7.96. The molecule has 0 fully saturated rings. The number of hydrogen-bond donors (Lipinski definition) is 1. The summed E-state index contributed by atoms with van der Waals surface area (Å²) in [4.78, 5) is 11.2. The molecule has 4 heteroatoms. The van der Waals surface area contributed by atoms with Crippen LogP contribution in [0, 0.1) is 0 Å². The smallest absolute Gasteiger partial charge is 0.260 e. The van der Waals surface area contributed by atoms with E-state index >= 15 is 0 Å². The van der Waals surface area contributed by atoms with Crippen LogP contribution >= 0.6 is 27.5 Å². The van der Waals surface area contributed by atoms with Gasteiger partial charge in [-0.1, -0.05) is 27.5 Å². The molecule has 0 heterocycles. The molecule has 2 N–H and O–H groups in total. The summed E-state index contributed by atoms with van der Waals surface area (Å²) < 4.78 is 0. The van der Waals surface area contributed by atoms with Gasteiger partial charge in [0.1, 0.15) is 5.03 Å². The molecule has 0 spiro atoms. The van der Waals surface area contributed by atoms with Crippen LogP contribution in [-0.4, -0.2) is 5.91 Å². The normalized spacial score (nSPS) is 11.4. The van der Waals surface area contributed by atoms with E-state index < -0.39 is 5.91 Å². The highest BCUT2D eigenvalue weighted by molar-refractivity contribution is 9.11. The van der Waals surface area contributed by atoms with Gasteiger partial charge in [0.25, 0.3) is 5.91 Å². The van der Waals surface area contributed by atoms with Crippen LogP contribution in [0.15, 0.2) is 10.0 Å². The molecule has 0 saturated carbocycles. The molecular formula is C3H3BrClNO. The lowest BCUT2D eigenvalue weighted by molar-refractivity contribution is -0.113. The third-order valence-corrected chi connectivity index (χ3v) is 1.35. The van der Waals surface area contributed by atoms with Gasteiger partial charge in [0, 0.05) is 4.99 Å². The number of primary amides is 1. The van der Waals surface area contributed by atoms with E-state index in [1.165, 1.54) is 4.99 Å². The zero-order chi connectivity index (χ0) is 5.86. The maximum Gasteiger partial charge on any atom is 0.260 e. The van der Waals surface area contributed by atoms with Gasteiger partial charge in [-0.15, -0.1) is 0 Å². The summed E-state index contributed by atoms with van der Waals surface area (Å²) in [6.07, 6.45) is 0. The van der Waals surface area contributed by atoms with Crippen molar-refractivity contribution < 1.29 is 4.79 Å². The Balaban J connectivity index is 3.82. The van der Waals surface area contributed by atoms with Crippen LogP contribution in [0.4, 0.5) is 0 Å². The van der Waals surface area contributed by atoms with Gasteiger partial charge in [-0.3, -0.25) is 4.79 Å². The Morgan fingerprint density at radius 3 is 2.29 bits per heavy atom. The third-order valence-electron chi connectivity index (χ3n) is 0.331. The highest BCUT2D eigenvalue weighted by Crippen LogP contribution is 2.01. The minimum Gasteiger partial charge on any atom is -0.365 e. The van der Waals surface area contributed by atoms with Crippen LogP contribution < -0.4 is 5.73 Å². The summed E-state index contributed by atoms with van der Waals surface area (Å²) in [5, 5.41) is 0.000000000000000222. The number of halogens is 2. The van der Waals surface area contributed by atoms with Gasteiger partial charge < -0.3 is 5.73 Å². The van der Waals surface area contributed by atoms with Crippen LogP contribution in [0.3, 0.4) is 0 Å². The fourth-order valence-corrected chi connectivity index (χ4v) is 0.279. The topological polar surface area (TPSA) is 43.1 Å². The van der Waals surface area contributed by atoms with Crippen LogP contribution in [-0.2, 0) is 4.79 Å². The summed E-state index contributed by atoms with van der Waals surface area (Å²) in [7, 11) is 0. The second-order valence-electron chi connectivity index (χ2n) is 0.821. The highest BCUT2D eigenvalue weighted by atomic mass is 79.9. The fourth-order valence-electron chi connectivity index (χ4n) is 0.0538. The van der Waals surface area contributed by atoms with Gasteiger partial charge in [-0.2, -0.15) is 0 Å². The van der Waals surface area contributed by atoms with Gasteiger partial charge in [0.2, 0.25) is 0 Å². The molecule has 0 saturated heterocycles. The van der Waals surface area contributed by atoms with Crippen LogP contribution in [0.2, 0.25) is 0 Å². The molecule has 0 rings (SSSR count). The lowest BCUT2D eigenvalue weighted by Crippen LogP contribution is -2.09. The second kappa shape index (κ2) is 3.04. The van der Waals surface area contributed by atoms with Crippen molar-refractivity contribution in [1.82, 2.24) is 0 Å². The van der Waals surface area contributed by atoms with Crippen molar-refractivity contribution in [2.24, 2.45) is 5.73 Å². The molecule has 1 amide bonds. The van der Waals surface area contributed by atoms with Crippen molar-refractivity contribution >= 4 is 33.4 Å². The SMILES string of the molecule is NC(=O)C(Cl)=CBr. The predicted octanol–water partition coefficient (Wildman–Crippen LogP) is 0.947. The number of amides is 1. The van der Waals surface area contributed by atoms with E-state index in [-0.39, 0.29) is 5.03 Å². The Kier molecular flexibility index (Phi) is 3.04. The summed E-state index contributed by atoms with van der Waals surface area (Å²) in [5.41, 5.74) is 4.68. The van der Waals surface area contributed by atoms with Crippen molar-refractivity contribution in [1.29, 1.82) is 0 Å². The van der Waals surface area contributed by atoms with Gasteiger partial charge in [-0.25, -0.2) is 0 Å². The Bertz CT molecular complexity index is 112. The zero-order valence-electron chi connectivity index (χ0n) is 3.32. The highest BCUT2D eigenvalue weighted by Gasteiger charge is 1.94. The fraction of sp³-hybridized carbons (Fsp3) is 0. The second-order valence-corrected chi connectivity index (χ2v) is 1.69. The van der Waals surface area contributed by atoms with Crippen molar-refractivity contribution in [3.8, 4) is 0 Å². The van der Waals surface area contributed by atoms with E-state index in [1.807, 2.05) is 0 Å². The maximum absolute atomic E-state index is 9.92. The predicted molar refractivity (Wildman–Crippen MR) is 32.1 cm³/mol. The standard InChI is InChI=1S/C3H3BrClNO/c4-1-2(5)3(6)7/h1H,(H2,6,7). The molecule has 0 radical (unpaired) electrons. The molecule has 0 aliphatic heterocycles. The first kappa shape index (κ1) is 6.98. The average molecular weight is 184 g/mol. The molecule has 2 nitrogen and oxygen atoms in total. The van der Waals surface area contributed by atoms with Gasteiger partial charge >= 0.3 is 0 Å². The van der Waals surface area contributed by atoms with E-state index in [2.05, 4.69) is 21.7 Å². The van der Waals surface area contributed by atoms with Crippen molar-refractivity contribution in [3.05, 3.63) is 10.0 Å². The monoisotopic (exact) mass is 183 g/mol. The lowest BCUT2D eigenvalue weighted by atomic mass is 10.6. The maximum atomic E-state index is 9.92. The zero-order valence-corrected chi connectivity index (χ0v) is 5.66. The lowest BCUT2D eigenvalue weighted by Gasteiger charge is -1.81. The first-order valence-electron chi connectivity index (χ1n) is 1.44. The minimum absolute atomic E-state index is 0.000000000000000222. The van der Waals surface area contributed by atoms with Gasteiger partial charge in [0.15, 0.2) is 0 Å². The van der Waals surface area contributed by atoms with E-state index in [9.17, 15) is 4.79 Å². The number of carbonyl (C=O) groups is 1. The molecule has 7 heavy (non-hydrogen) atoms. The average Bonchev–Trinajstić information content (AvgIpc) is 1.65. The van der Waals surface area contributed by atoms with Crippen molar-refractivity contribution in [2.45, 2.75) is 0 Å². The molecule has 0 bridgehead atoms. The minimum atomic E-state index is -0.626. The van der Waals surface area contributed by atoms with E-state index in [0.717, 1.165) is 0 Å². The van der Waals surface area contributed by atoms with Gasteiger partial charge in [0.05, 0.1) is 0 Å². The molecule has 0 atom stereocenters. The molecule has 40 valence electrons. The van der Waals surface area contributed by atoms with Crippen LogP contribution in [0.1, 0.15) is 0 Å². The molecule has 0 aromatic carbocycles. The van der Waals surface area contributed by atoms with Crippen LogP contribution in [0.25, 0.3) is 0 Å². The third kappa shape index (κ3) is 2.65. The summed E-state index contributed by atoms with van der Waals surface area (Å²) in [6.45, 7) is 0. The van der Waals surface area contributed by atoms with E-state index in [0.29, 0.717) is 0 Å². The molecule has 0 unspecified atom stereocenters. The number of rotatable bonds is 1. The summed E-state index contributed by atoms with van der Waals surface area (Å²) in [5.74, 6) is -0.626. The number of hydrogen-bond acceptors (Lipinski definition) is 1. The molecule has 0 aromatic rings. The molecule has 0 aliphatic rings. The Hall–Kier alpha value is -0.0200.